The number of aliphatic carboxylic acids is 1. The van der Waals surface area contributed by atoms with Gasteiger partial charge in [-0.3, -0.25) is 14.4 Å². The number of carbonyl (C=O) groups is 3. The highest BCUT2D eigenvalue weighted by Crippen LogP contribution is 2.38. The molecule has 178 valence electrons. The second-order valence-corrected chi connectivity index (χ2v) is 7.98. The van der Waals surface area contributed by atoms with Crippen LogP contribution in [0.5, 0.6) is 5.75 Å². The third-order valence-electron chi connectivity index (χ3n) is 5.59. The standard InChI is InChI=1S/C27H29NO6/c1-2-34-21-15-13-20(14-16-21)25-24(22(29)17-12-19-9-5-3-6-10-19)26(32)27(33)28(25)18-8-4-7-11-23(30)31/h3,5-6,9-10,12-17,25,32H,2,4,7-8,11,18H2,1H3,(H,30,31)/b17-12+/t25-/m1/s1. The van der Waals surface area contributed by atoms with Crippen LogP contribution in [0.4, 0.5) is 0 Å². The number of unbranched alkanes of at least 4 members (excludes halogenated alkanes) is 2. The first-order chi connectivity index (χ1) is 16.4. The van der Waals surface area contributed by atoms with E-state index in [-0.39, 0.29) is 12.0 Å². The highest BCUT2D eigenvalue weighted by molar-refractivity contribution is 6.14. The van der Waals surface area contributed by atoms with E-state index in [4.69, 9.17) is 9.84 Å². The van der Waals surface area contributed by atoms with Gasteiger partial charge < -0.3 is 19.8 Å². The topological polar surface area (TPSA) is 104 Å². The number of hydrogen-bond acceptors (Lipinski definition) is 5. The summed E-state index contributed by atoms with van der Waals surface area (Å²) in [5.41, 5.74) is 1.54. The summed E-state index contributed by atoms with van der Waals surface area (Å²) in [6, 6.07) is 15.7. The van der Waals surface area contributed by atoms with Crippen LogP contribution in [0.3, 0.4) is 0 Å². The molecular weight excluding hydrogens is 434 g/mol. The van der Waals surface area contributed by atoms with Gasteiger partial charge in [-0.25, -0.2) is 0 Å². The van der Waals surface area contributed by atoms with Crippen LogP contribution >= 0.6 is 0 Å². The quantitative estimate of drug-likeness (QED) is 0.349. The lowest BCUT2D eigenvalue weighted by Gasteiger charge is -2.26. The van der Waals surface area contributed by atoms with Crippen molar-refractivity contribution in [2.75, 3.05) is 13.2 Å². The van der Waals surface area contributed by atoms with Crippen molar-refractivity contribution >= 4 is 23.7 Å². The van der Waals surface area contributed by atoms with Crippen molar-refractivity contribution in [1.29, 1.82) is 0 Å². The van der Waals surface area contributed by atoms with Crippen LogP contribution < -0.4 is 4.74 Å². The number of carbonyl (C=O) groups excluding carboxylic acids is 2. The summed E-state index contributed by atoms with van der Waals surface area (Å²) in [6.45, 7) is 2.68. The number of carboxylic acid groups (broad SMARTS) is 1. The zero-order valence-electron chi connectivity index (χ0n) is 19.1. The molecule has 1 aliphatic heterocycles. The van der Waals surface area contributed by atoms with E-state index >= 15 is 0 Å². The van der Waals surface area contributed by atoms with E-state index in [2.05, 4.69) is 0 Å². The Morgan fingerprint density at radius 3 is 2.38 bits per heavy atom. The zero-order chi connectivity index (χ0) is 24.5. The molecule has 1 atom stereocenters. The van der Waals surface area contributed by atoms with E-state index < -0.39 is 29.5 Å². The molecule has 0 fully saturated rings. The lowest BCUT2D eigenvalue weighted by Crippen LogP contribution is -2.32. The number of carboxylic acids is 1. The van der Waals surface area contributed by atoms with Crippen LogP contribution in [0.15, 0.2) is 72.0 Å². The van der Waals surface area contributed by atoms with Crippen LogP contribution in [0.1, 0.15) is 49.8 Å². The molecule has 3 rings (SSSR count). The van der Waals surface area contributed by atoms with Crippen LogP contribution in [0.25, 0.3) is 6.08 Å². The summed E-state index contributed by atoms with van der Waals surface area (Å²) in [7, 11) is 0. The molecule has 0 spiro atoms. The zero-order valence-corrected chi connectivity index (χ0v) is 19.1. The smallest absolute Gasteiger partial charge is 0.303 e. The molecule has 1 heterocycles. The fraction of sp³-hybridized carbons (Fsp3) is 0.296. The van der Waals surface area contributed by atoms with E-state index in [0.29, 0.717) is 43.7 Å². The number of aliphatic hydroxyl groups is 1. The highest BCUT2D eigenvalue weighted by Gasteiger charge is 2.42. The van der Waals surface area contributed by atoms with Crippen molar-refractivity contribution in [2.24, 2.45) is 0 Å². The van der Waals surface area contributed by atoms with Gasteiger partial charge in [0.25, 0.3) is 5.91 Å². The third kappa shape index (κ3) is 6.13. The van der Waals surface area contributed by atoms with Gasteiger partial charge in [-0.1, -0.05) is 55.0 Å². The molecule has 2 aromatic rings. The molecule has 0 unspecified atom stereocenters. The Hall–Kier alpha value is -3.87. The van der Waals surface area contributed by atoms with Gasteiger partial charge in [0.2, 0.25) is 0 Å². The second kappa shape index (κ2) is 11.8. The molecule has 0 aliphatic carbocycles. The first-order valence-electron chi connectivity index (χ1n) is 11.4. The Bertz CT molecular complexity index is 1070. The molecule has 0 saturated carbocycles. The van der Waals surface area contributed by atoms with E-state index in [1.165, 1.54) is 11.0 Å². The minimum atomic E-state index is -0.859. The van der Waals surface area contributed by atoms with E-state index in [1.54, 1.807) is 30.3 Å². The first kappa shape index (κ1) is 24.8. The molecule has 1 amide bonds. The summed E-state index contributed by atoms with van der Waals surface area (Å²) in [6.07, 6.45) is 4.75. The minimum absolute atomic E-state index is 0.0341. The molecule has 2 aromatic carbocycles. The van der Waals surface area contributed by atoms with Crippen molar-refractivity contribution < 1.29 is 29.3 Å². The van der Waals surface area contributed by atoms with Gasteiger partial charge in [-0.05, 0) is 49.1 Å². The lowest BCUT2D eigenvalue weighted by molar-refractivity contribution is -0.137. The monoisotopic (exact) mass is 463 g/mol. The fourth-order valence-electron chi connectivity index (χ4n) is 3.96. The predicted molar refractivity (Wildman–Crippen MR) is 128 cm³/mol. The first-order valence-corrected chi connectivity index (χ1v) is 11.4. The average molecular weight is 464 g/mol. The largest absolute Gasteiger partial charge is 0.503 e. The van der Waals surface area contributed by atoms with Gasteiger partial charge >= 0.3 is 5.97 Å². The van der Waals surface area contributed by atoms with Gasteiger partial charge in [-0.2, -0.15) is 0 Å². The maximum atomic E-state index is 13.2. The molecule has 0 bridgehead atoms. The van der Waals surface area contributed by atoms with Crippen LogP contribution in [0, 0.1) is 0 Å². The Morgan fingerprint density at radius 2 is 1.74 bits per heavy atom. The second-order valence-electron chi connectivity index (χ2n) is 7.98. The Kier molecular flexibility index (Phi) is 8.62. The Labute approximate surface area is 199 Å². The van der Waals surface area contributed by atoms with Crippen molar-refractivity contribution in [3.63, 3.8) is 0 Å². The Balaban J connectivity index is 1.86. The SMILES string of the molecule is CCOc1ccc([C@@H]2C(C(=O)/C=C/c3ccccc3)=C(O)C(=O)N2CCCCCC(=O)O)cc1. The van der Waals surface area contributed by atoms with Crippen LogP contribution in [-0.4, -0.2) is 45.9 Å². The number of benzene rings is 2. The van der Waals surface area contributed by atoms with Crippen molar-refractivity contribution in [1.82, 2.24) is 4.90 Å². The number of ketones is 1. The summed E-state index contributed by atoms with van der Waals surface area (Å²) in [5, 5.41) is 19.5. The van der Waals surface area contributed by atoms with Crippen LogP contribution in [0.2, 0.25) is 0 Å². The van der Waals surface area contributed by atoms with Gasteiger partial charge in [0.15, 0.2) is 11.5 Å². The molecule has 34 heavy (non-hydrogen) atoms. The van der Waals surface area contributed by atoms with Gasteiger partial charge in [-0.15, -0.1) is 0 Å². The highest BCUT2D eigenvalue weighted by atomic mass is 16.5. The summed E-state index contributed by atoms with van der Waals surface area (Å²) < 4.78 is 5.50. The van der Waals surface area contributed by atoms with E-state index in [1.807, 2.05) is 37.3 Å². The van der Waals surface area contributed by atoms with Crippen molar-refractivity contribution in [3.8, 4) is 5.75 Å². The summed E-state index contributed by atoms with van der Waals surface area (Å²) >= 11 is 0. The summed E-state index contributed by atoms with van der Waals surface area (Å²) in [5.74, 6) is -1.79. The normalized spacial score (nSPS) is 15.9. The Morgan fingerprint density at radius 1 is 1.03 bits per heavy atom. The molecule has 0 radical (unpaired) electrons. The van der Waals surface area contributed by atoms with Gasteiger partial charge in [0.1, 0.15) is 5.75 Å². The number of nitrogens with zero attached hydrogens (tertiary/aromatic N) is 1. The molecule has 7 nitrogen and oxygen atoms in total. The van der Waals surface area contributed by atoms with E-state index in [0.717, 1.165) is 5.56 Å². The van der Waals surface area contributed by atoms with E-state index in [9.17, 15) is 19.5 Å². The van der Waals surface area contributed by atoms with Gasteiger partial charge in [0, 0.05) is 13.0 Å². The van der Waals surface area contributed by atoms with Crippen LogP contribution in [-0.2, 0) is 14.4 Å². The molecular formula is C27H29NO6. The minimum Gasteiger partial charge on any atom is -0.503 e. The molecule has 7 heteroatoms. The molecule has 2 N–H and O–H groups in total. The number of aliphatic hydroxyl groups excluding tert-OH is 1. The number of hydrogen-bond donors (Lipinski definition) is 2. The third-order valence-corrected chi connectivity index (χ3v) is 5.59. The predicted octanol–water partition coefficient (Wildman–Crippen LogP) is 4.71. The lowest BCUT2D eigenvalue weighted by atomic mass is 9.95. The maximum Gasteiger partial charge on any atom is 0.303 e. The molecule has 0 aromatic heterocycles. The maximum absolute atomic E-state index is 13.2. The number of amides is 1. The molecule has 1 aliphatic rings. The van der Waals surface area contributed by atoms with Crippen molar-refractivity contribution in [2.45, 2.75) is 38.6 Å². The van der Waals surface area contributed by atoms with Crippen molar-refractivity contribution in [3.05, 3.63) is 83.1 Å². The van der Waals surface area contributed by atoms with Gasteiger partial charge in [0.05, 0.1) is 18.2 Å². The fourth-order valence-corrected chi connectivity index (χ4v) is 3.96. The number of allylic oxidation sites excluding steroid dienone is 1. The number of ether oxygens (including phenoxy) is 1. The summed E-state index contributed by atoms with van der Waals surface area (Å²) in [4.78, 5) is 38.3. The number of rotatable bonds is 12. The molecule has 0 saturated heterocycles. The average Bonchev–Trinajstić information content (AvgIpc) is 3.08.